The van der Waals surface area contributed by atoms with Gasteiger partial charge in [-0.05, 0) is 134 Å². The van der Waals surface area contributed by atoms with Crippen LogP contribution < -0.4 is 26.2 Å². The lowest BCUT2D eigenvalue weighted by Crippen LogP contribution is -2.61. The highest BCUT2D eigenvalue weighted by molar-refractivity contribution is 7.00. The van der Waals surface area contributed by atoms with Gasteiger partial charge in [-0.25, -0.2) is 0 Å². The van der Waals surface area contributed by atoms with Crippen molar-refractivity contribution in [3.8, 4) is 11.1 Å². The van der Waals surface area contributed by atoms with E-state index in [9.17, 15) is 0 Å². The van der Waals surface area contributed by atoms with E-state index in [4.69, 9.17) is 0 Å². The fraction of sp³-hybridized carbons (Fsp3) is 0.280. The Morgan fingerprint density at radius 2 is 1.23 bits per heavy atom. The van der Waals surface area contributed by atoms with Crippen LogP contribution in [0.2, 0.25) is 0 Å². The quantitative estimate of drug-likeness (QED) is 0.167. The minimum absolute atomic E-state index is 0.00359. The van der Waals surface area contributed by atoms with Gasteiger partial charge < -0.3 is 9.80 Å². The summed E-state index contributed by atoms with van der Waals surface area (Å²) in [6, 6.07) is 51.3. The molecule has 1 spiro atoms. The molecule has 2 heterocycles. The van der Waals surface area contributed by atoms with Gasteiger partial charge in [-0.15, -0.1) is 0 Å². The van der Waals surface area contributed by atoms with Crippen LogP contribution in [-0.2, 0) is 10.8 Å². The molecule has 0 N–H and O–H groups in total. The maximum absolute atomic E-state index is 2.72. The minimum Gasteiger partial charge on any atom is -0.311 e. The maximum atomic E-state index is 2.72. The molecule has 11 rings (SSSR count). The number of benzene rings is 6. The first-order valence-electron chi connectivity index (χ1n) is 19.8. The zero-order valence-corrected chi connectivity index (χ0v) is 31.9. The second-order valence-corrected chi connectivity index (χ2v) is 18.4. The van der Waals surface area contributed by atoms with Crippen LogP contribution in [0.15, 0.2) is 133 Å². The number of nitrogens with zero attached hydrogens (tertiary/aromatic N) is 2. The number of rotatable bonds is 2. The third kappa shape index (κ3) is 3.81. The van der Waals surface area contributed by atoms with Crippen molar-refractivity contribution in [1.29, 1.82) is 0 Å². The molecular formula is C50H47BN2. The second kappa shape index (κ2) is 10.3. The van der Waals surface area contributed by atoms with Gasteiger partial charge in [0.2, 0.25) is 0 Å². The minimum atomic E-state index is 0.00359. The Bertz CT molecular complexity index is 2490. The zero-order valence-electron chi connectivity index (χ0n) is 31.9. The Morgan fingerprint density at radius 1 is 0.585 bits per heavy atom. The highest BCUT2D eigenvalue weighted by atomic mass is 15.2. The molecular weight excluding hydrogens is 639 g/mol. The Labute approximate surface area is 315 Å². The van der Waals surface area contributed by atoms with Gasteiger partial charge in [0.15, 0.2) is 0 Å². The van der Waals surface area contributed by atoms with E-state index < -0.39 is 0 Å². The fourth-order valence-corrected chi connectivity index (χ4v) is 12.1. The van der Waals surface area contributed by atoms with Crippen LogP contribution >= 0.6 is 0 Å². The Morgan fingerprint density at radius 3 is 1.92 bits per heavy atom. The van der Waals surface area contributed by atoms with Gasteiger partial charge in [0, 0.05) is 39.5 Å². The van der Waals surface area contributed by atoms with Crippen molar-refractivity contribution in [2.45, 2.75) is 71.6 Å². The smallest absolute Gasteiger partial charge is 0.252 e. The molecule has 3 atom stereocenters. The molecule has 2 bridgehead atoms. The van der Waals surface area contributed by atoms with Crippen LogP contribution in [0.3, 0.4) is 0 Å². The maximum Gasteiger partial charge on any atom is 0.252 e. The molecule has 6 aromatic carbocycles. The van der Waals surface area contributed by atoms with Gasteiger partial charge in [-0.1, -0.05) is 126 Å². The number of hydrogen-bond donors (Lipinski definition) is 0. The van der Waals surface area contributed by atoms with E-state index in [0.717, 1.165) is 5.92 Å². The van der Waals surface area contributed by atoms with E-state index in [2.05, 4.69) is 185 Å². The van der Waals surface area contributed by atoms with Crippen molar-refractivity contribution in [2.75, 3.05) is 9.80 Å². The molecule has 5 aliphatic rings. The molecule has 0 saturated heterocycles. The first kappa shape index (κ1) is 31.5. The normalized spacial score (nSPS) is 23.8. The van der Waals surface area contributed by atoms with Gasteiger partial charge in [0.25, 0.3) is 6.71 Å². The summed E-state index contributed by atoms with van der Waals surface area (Å²) >= 11 is 0. The van der Waals surface area contributed by atoms with Crippen LogP contribution in [0.4, 0.5) is 34.1 Å². The summed E-state index contributed by atoms with van der Waals surface area (Å²) in [5, 5.41) is 0. The van der Waals surface area contributed by atoms with Gasteiger partial charge in [0.1, 0.15) is 0 Å². The number of hydrogen-bond acceptors (Lipinski definition) is 2. The molecule has 3 aliphatic carbocycles. The van der Waals surface area contributed by atoms with E-state index in [1.165, 1.54) is 86.5 Å². The average molecular weight is 687 g/mol. The van der Waals surface area contributed by atoms with Gasteiger partial charge in [-0.3, -0.25) is 0 Å². The summed E-state index contributed by atoms with van der Waals surface area (Å²) in [4.78, 5) is 5.09. The van der Waals surface area contributed by atoms with Crippen LogP contribution in [-0.4, -0.2) is 6.71 Å². The van der Waals surface area contributed by atoms with Crippen molar-refractivity contribution in [3.63, 3.8) is 0 Å². The van der Waals surface area contributed by atoms with E-state index in [1.54, 1.807) is 11.1 Å². The SMILES string of the molecule is CC(C)(C)c1ccc(N2c3cc4c(cc3B3c5ccccc5N(c5ccccc5)c5cccc2c53)C2(CC3CCC2(C)C3(C)C)c2ccccc2-4)cc1. The van der Waals surface area contributed by atoms with Crippen LogP contribution in [0.25, 0.3) is 11.1 Å². The summed E-state index contributed by atoms with van der Waals surface area (Å²) in [5.74, 6) is 0.725. The molecule has 2 nitrogen and oxygen atoms in total. The lowest BCUT2D eigenvalue weighted by atomic mass is 9.33. The molecule has 2 fully saturated rings. The van der Waals surface area contributed by atoms with E-state index >= 15 is 0 Å². The average Bonchev–Trinajstić information content (AvgIpc) is 3.64. The Kier molecular flexibility index (Phi) is 6.15. The largest absolute Gasteiger partial charge is 0.311 e. The van der Waals surface area contributed by atoms with Gasteiger partial charge in [-0.2, -0.15) is 0 Å². The number of anilines is 6. The summed E-state index contributed by atoms with van der Waals surface area (Å²) in [6.07, 6.45) is 3.86. The molecule has 0 amide bonds. The predicted octanol–water partition coefficient (Wildman–Crippen LogP) is 11.2. The lowest BCUT2D eigenvalue weighted by molar-refractivity contribution is 0.0991. The Balaban J connectivity index is 1.23. The highest BCUT2D eigenvalue weighted by Gasteiger charge is 2.71. The highest BCUT2D eigenvalue weighted by Crippen LogP contribution is 2.78. The molecule has 260 valence electrons. The van der Waals surface area contributed by atoms with Crippen molar-refractivity contribution in [1.82, 2.24) is 0 Å². The van der Waals surface area contributed by atoms with Crippen LogP contribution in [0.1, 0.15) is 77.5 Å². The monoisotopic (exact) mass is 686 g/mol. The lowest BCUT2D eigenvalue weighted by Gasteiger charge is -2.49. The number of fused-ring (bicyclic) bond motifs is 12. The topological polar surface area (TPSA) is 6.48 Å². The van der Waals surface area contributed by atoms with Crippen molar-refractivity contribution < 1.29 is 0 Å². The third-order valence-corrected chi connectivity index (χ3v) is 15.1. The van der Waals surface area contributed by atoms with Crippen molar-refractivity contribution >= 4 is 57.2 Å². The summed E-state index contributed by atoms with van der Waals surface area (Å²) in [5.41, 5.74) is 19.6. The molecule has 6 aromatic rings. The number of para-hydroxylation sites is 2. The molecule has 2 saturated carbocycles. The van der Waals surface area contributed by atoms with Crippen LogP contribution in [0.5, 0.6) is 0 Å². The second-order valence-electron chi connectivity index (χ2n) is 18.4. The fourth-order valence-electron chi connectivity index (χ4n) is 12.1. The van der Waals surface area contributed by atoms with E-state index in [1.807, 2.05) is 0 Å². The molecule has 0 radical (unpaired) electrons. The Hall–Kier alpha value is -5.02. The van der Waals surface area contributed by atoms with E-state index in [0.29, 0.717) is 0 Å². The van der Waals surface area contributed by atoms with E-state index in [-0.39, 0.29) is 28.4 Å². The third-order valence-electron chi connectivity index (χ3n) is 15.1. The molecule has 3 heteroatoms. The standard InChI is InChI=1S/C50H47BN2/c1-47(2,3)32-23-25-35(26-24-32)53-44-22-14-21-43-46(44)51(40-19-12-13-20-42(40)52(43)34-15-8-7-9-16-34)41-30-39-37(29-45(41)53)36-17-10-11-18-38(36)50(39)31-33-27-28-49(50,6)48(33,4)5/h7-26,29-30,33H,27-28,31H2,1-6H3. The first-order chi connectivity index (χ1) is 25.5. The molecule has 3 unspecified atom stereocenters. The summed E-state index contributed by atoms with van der Waals surface area (Å²) in [6.45, 7) is 14.8. The summed E-state index contributed by atoms with van der Waals surface area (Å²) in [7, 11) is 0. The first-order valence-corrected chi connectivity index (χ1v) is 19.8. The molecule has 2 aliphatic heterocycles. The molecule has 53 heavy (non-hydrogen) atoms. The van der Waals surface area contributed by atoms with Crippen LogP contribution in [0, 0.1) is 16.7 Å². The molecule has 0 aromatic heterocycles. The van der Waals surface area contributed by atoms with Gasteiger partial charge in [0.05, 0.1) is 0 Å². The van der Waals surface area contributed by atoms with Crippen molar-refractivity contribution in [2.24, 2.45) is 16.7 Å². The predicted molar refractivity (Wildman–Crippen MR) is 225 cm³/mol. The van der Waals surface area contributed by atoms with Crippen molar-refractivity contribution in [3.05, 3.63) is 150 Å². The zero-order chi connectivity index (χ0) is 36.1. The van der Waals surface area contributed by atoms with Gasteiger partial charge >= 0.3 is 0 Å². The summed E-state index contributed by atoms with van der Waals surface area (Å²) < 4.78 is 0.